The minimum Gasteiger partial charge on any atom is -0.493 e. The fourth-order valence-electron chi connectivity index (χ4n) is 2.22. The molecule has 2 amide bonds. The van der Waals surface area contributed by atoms with Gasteiger partial charge in [-0.05, 0) is 41.5 Å². The minimum absolute atomic E-state index is 0.290. The van der Waals surface area contributed by atoms with Gasteiger partial charge in [-0.2, -0.15) is 0 Å². The van der Waals surface area contributed by atoms with E-state index in [1.807, 2.05) is 18.2 Å². The van der Waals surface area contributed by atoms with E-state index in [1.165, 1.54) is 24.4 Å². The number of aromatic nitrogens is 1. The summed E-state index contributed by atoms with van der Waals surface area (Å²) in [6.45, 7) is 0.689. The molecule has 2 aromatic rings. The normalized spacial score (nSPS) is 12.5. The van der Waals surface area contributed by atoms with E-state index in [0.717, 1.165) is 23.3 Å². The lowest BCUT2D eigenvalue weighted by Crippen LogP contribution is -2.40. The average Bonchev–Trinajstić information content (AvgIpc) is 3.06. The van der Waals surface area contributed by atoms with Crippen LogP contribution < -0.4 is 15.6 Å². The highest BCUT2D eigenvalue weighted by atomic mass is 35.5. The van der Waals surface area contributed by atoms with E-state index in [9.17, 15) is 9.59 Å². The molecule has 0 spiro atoms. The first-order valence-electron chi connectivity index (χ1n) is 7.27. The number of rotatable bonds is 3. The number of ether oxygens (including phenoxy) is 1. The lowest BCUT2D eigenvalue weighted by Gasteiger charge is -2.05. The molecule has 0 aliphatic carbocycles. The lowest BCUT2D eigenvalue weighted by atomic mass is 10.1. The van der Waals surface area contributed by atoms with Crippen molar-refractivity contribution in [3.8, 4) is 5.75 Å². The number of pyridine rings is 1. The Morgan fingerprint density at radius 1 is 1.21 bits per heavy atom. The molecule has 3 rings (SSSR count). The molecule has 2 heterocycles. The van der Waals surface area contributed by atoms with Gasteiger partial charge in [-0.15, -0.1) is 0 Å². The average molecular weight is 344 g/mol. The van der Waals surface area contributed by atoms with Crippen LogP contribution >= 0.6 is 11.6 Å². The number of fused-ring (bicyclic) bond motifs is 1. The molecule has 1 aliphatic rings. The number of benzene rings is 1. The van der Waals surface area contributed by atoms with Crippen LogP contribution in [0.2, 0.25) is 5.15 Å². The van der Waals surface area contributed by atoms with Gasteiger partial charge in [0.25, 0.3) is 11.8 Å². The van der Waals surface area contributed by atoms with Crippen LogP contribution in [-0.4, -0.2) is 23.4 Å². The van der Waals surface area contributed by atoms with Crippen LogP contribution in [0.15, 0.2) is 42.6 Å². The van der Waals surface area contributed by atoms with Crippen LogP contribution in [-0.2, 0) is 11.2 Å². The molecule has 0 saturated carbocycles. The number of carbonyl (C=O) groups excluding carboxylic acids is 2. The second-order valence-electron chi connectivity index (χ2n) is 5.11. The Bertz CT molecular complexity index is 803. The van der Waals surface area contributed by atoms with E-state index >= 15 is 0 Å². The van der Waals surface area contributed by atoms with Crippen molar-refractivity contribution in [1.29, 1.82) is 0 Å². The van der Waals surface area contributed by atoms with Crippen molar-refractivity contribution in [2.45, 2.75) is 6.42 Å². The Morgan fingerprint density at radius 3 is 2.88 bits per heavy atom. The molecule has 1 aromatic heterocycles. The summed E-state index contributed by atoms with van der Waals surface area (Å²) in [5.74, 6) is -0.0296. The fraction of sp³-hybridized carbons (Fsp3) is 0.118. The SMILES string of the molecule is O=C(/C=C/c1ccc2c(c1)CCO2)NNC(=O)c1ccc(Cl)nc1. The molecular formula is C17H14ClN3O3. The standard InChI is InChI=1S/C17H14ClN3O3/c18-15-5-3-13(10-19-15)17(23)21-20-16(22)6-2-11-1-4-14-12(9-11)7-8-24-14/h1-6,9-10H,7-8H2,(H,20,22)(H,21,23)/b6-2+. The quantitative estimate of drug-likeness (QED) is 0.508. The highest BCUT2D eigenvalue weighted by molar-refractivity contribution is 6.29. The maximum Gasteiger partial charge on any atom is 0.271 e. The minimum atomic E-state index is -0.476. The molecule has 6 nitrogen and oxygen atoms in total. The summed E-state index contributed by atoms with van der Waals surface area (Å²) in [7, 11) is 0. The summed E-state index contributed by atoms with van der Waals surface area (Å²) in [4.78, 5) is 27.4. The van der Waals surface area contributed by atoms with Crippen LogP contribution in [0.25, 0.3) is 6.08 Å². The van der Waals surface area contributed by atoms with E-state index in [-0.39, 0.29) is 0 Å². The zero-order chi connectivity index (χ0) is 16.9. The van der Waals surface area contributed by atoms with Gasteiger partial charge in [0.05, 0.1) is 12.2 Å². The second-order valence-corrected chi connectivity index (χ2v) is 5.50. The molecule has 7 heteroatoms. The lowest BCUT2D eigenvalue weighted by molar-refractivity contribution is -0.117. The van der Waals surface area contributed by atoms with Crippen LogP contribution in [0, 0.1) is 0 Å². The topological polar surface area (TPSA) is 80.3 Å². The largest absolute Gasteiger partial charge is 0.493 e. The first kappa shape index (κ1) is 16.0. The van der Waals surface area contributed by atoms with E-state index in [2.05, 4.69) is 15.8 Å². The Morgan fingerprint density at radius 2 is 2.08 bits per heavy atom. The summed E-state index contributed by atoms with van der Waals surface area (Å²) in [6.07, 6.45) is 5.21. The van der Waals surface area contributed by atoms with Crippen molar-refractivity contribution in [2.75, 3.05) is 6.61 Å². The third-order valence-electron chi connectivity index (χ3n) is 3.43. The van der Waals surface area contributed by atoms with Gasteiger partial charge in [-0.1, -0.05) is 17.7 Å². The summed E-state index contributed by atoms with van der Waals surface area (Å²) in [6, 6.07) is 8.74. The summed E-state index contributed by atoms with van der Waals surface area (Å²) >= 11 is 5.65. The van der Waals surface area contributed by atoms with Crippen LogP contribution in [0.3, 0.4) is 0 Å². The molecule has 1 aliphatic heterocycles. The van der Waals surface area contributed by atoms with Crippen LogP contribution in [0.4, 0.5) is 0 Å². The smallest absolute Gasteiger partial charge is 0.271 e. The van der Waals surface area contributed by atoms with Crippen molar-refractivity contribution < 1.29 is 14.3 Å². The molecule has 0 fully saturated rings. The number of nitrogens with one attached hydrogen (secondary N) is 2. The predicted octanol–water partition coefficient (Wildman–Crippen LogP) is 2.14. The van der Waals surface area contributed by atoms with E-state index < -0.39 is 11.8 Å². The Labute approximate surface area is 143 Å². The van der Waals surface area contributed by atoms with E-state index in [0.29, 0.717) is 17.3 Å². The summed E-state index contributed by atoms with van der Waals surface area (Å²) in [5, 5.41) is 0.290. The Balaban J connectivity index is 1.53. The van der Waals surface area contributed by atoms with Crippen molar-refractivity contribution in [1.82, 2.24) is 15.8 Å². The van der Waals surface area contributed by atoms with Crippen LogP contribution in [0.5, 0.6) is 5.75 Å². The fourth-order valence-corrected chi connectivity index (χ4v) is 2.34. The third-order valence-corrected chi connectivity index (χ3v) is 3.65. The molecule has 0 radical (unpaired) electrons. The van der Waals surface area contributed by atoms with Gasteiger partial charge in [-0.3, -0.25) is 20.4 Å². The number of hydrogen-bond donors (Lipinski definition) is 2. The highest BCUT2D eigenvalue weighted by Crippen LogP contribution is 2.26. The van der Waals surface area contributed by atoms with Crippen LogP contribution in [0.1, 0.15) is 21.5 Å². The maximum absolute atomic E-state index is 11.8. The molecule has 1 aromatic carbocycles. The first-order valence-corrected chi connectivity index (χ1v) is 7.65. The highest BCUT2D eigenvalue weighted by Gasteiger charge is 2.11. The summed E-state index contributed by atoms with van der Waals surface area (Å²) in [5.41, 5.74) is 6.92. The van der Waals surface area contributed by atoms with Crippen molar-refractivity contribution in [2.24, 2.45) is 0 Å². The molecule has 24 heavy (non-hydrogen) atoms. The molecule has 122 valence electrons. The van der Waals surface area contributed by atoms with E-state index in [1.54, 1.807) is 6.08 Å². The Kier molecular flexibility index (Phi) is 4.77. The van der Waals surface area contributed by atoms with Gasteiger partial charge in [-0.25, -0.2) is 4.98 Å². The van der Waals surface area contributed by atoms with Crippen molar-refractivity contribution in [3.63, 3.8) is 0 Å². The molecular weight excluding hydrogens is 330 g/mol. The van der Waals surface area contributed by atoms with Gasteiger partial charge in [0.15, 0.2) is 0 Å². The molecule has 0 unspecified atom stereocenters. The van der Waals surface area contributed by atoms with Gasteiger partial charge < -0.3 is 4.74 Å². The van der Waals surface area contributed by atoms with Gasteiger partial charge in [0, 0.05) is 18.7 Å². The molecule has 0 atom stereocenters. The van der Waals surface area contributed by atoms with Gasteiger partial charge in [0.1, 0.15) is 10.9 Å². The van der Waals surface area contributed by atoms with Gasteiger partial charge >= 0.3 is 0 Å². The number of nitrogens with zero attached hydrogens (tertiary/aromatic N) is 1. The summed E-state index contributed by atoms with van der Waals surface area (Å²) < 4.78 is 5.43. The number of amides is 2. The number of halogens is 1. The molecule has 0 saturated heterocycles. The maximum atomic E-state index is 11.8. The van der Waals surface area contributed by atoms with Gasteiger partial charge in [0.2, 0.25) is 0 Å². The third kappa shape index (κ3) is 3.91. The molecule has 2 N–H and O–H groups in total. The predicted molar refractivity (Wildman–Crippen MR) is 89.5 cm³/mol. The molecule has 0 bridgehead atoms. The van der Waals surface area contributed by atoms with E-state index in [4.69, 9.17) is 16.3 Å². The Hall–Kier alpha value is -2.86. The monoisotopic (exact) mass is 343 g/mol. The number of hydrogen-bond acceptors (Lipinski definition) is 4. The van der Waals surface area contributed by atoms with Crippen molar-refractivity contribution in [3.05, 3.63) is 64.4 Å². The zero-order valence-corrected chi connectivity index (χ0v) is 13.3. The number of carbonyl (C=O) groups is 2. The second kappa shape index (κ2) is 7.14. The number of hydrazine groups is 1. The first-order chi connectivity index (χ1) is 11.6. The van der Waals surface area contributed by atoms with Crippen molar-refractivity contribution >= 4 is 29.5 Å². The zero-order valence-electron chi connectivity index (χ0n) is 12.6.